The third kappa shape index (κ3) is 3.16. The molecule has 7 heteroatoms. The van der Waals surface area contributed by atoms with E-state index in [1.807, 2.05) is 42.5 Å². The summed E-state index contributed by atoms with van der Waals surface area (Å²) in [6.45, 7) is 0. The predicted molar refractivity (Wildman–Crippen MR) is 90.4 cm³/mol. The summed E-state index contributed by atoms with van der Waals surface area (Å²) >= 11 is 0. The van der Waals surface area contributed by atoms with Crippen LogP contribution in [0.5, 0.6) is 0 Å². The van der Waals surface area contributed by atoms with Crippen molar-refractivity contribution in [2.75, 3.05) is 4.72 Å². The van der Waals surface area contributed by atoms with Crippen LogP contribution in [0.4, 0.5) is 5.69 Å². The van der Waals surface area contributed by atoms with Gasteiger partial charge < -0.3 is 10.1 Å². The second kappa shape index (κ2) is 6.21. The zero-order valence-electron chi connectivity index (χ0n) is 12.4. The van der Waals surface area contributed by atoms with Crippen molar-refractivity contribution >= 4 is 21.7 Å². The molecule has 0 bridgehead atoms. The Morgan fingerprint density at radius 2 is 1.67 bits per heavy atom. The average Bonchev–Trinajstić information content (AvgIpc) is 3.07. The van der Waals surface area contributed by atoms with E-state index in [0.717, 1.165) is 23.4 Å². The largest absolute Gasteiger partial charge is 0.477 e. The van der Waals surface area contributed by atoms with E-state index in [1.165, 1.54) is 0 Å². The molecule has 0 saturated carbocycles. The van der Waals surface area contributed by atoms with Crippen LogP contribution in [0.3, 0.4) is 0 Å². The van der Waals surface area contributed by atoms with Gasteiger partial charge >= 0.3 is 5.97 Å². The highest BCUT2D eigenvalue weighted by atomic mass is 32.2. The smallest absolute Gasteiger partial charge is 0.352 e. The highest BCUT2D eigenvalue weighted by Crippen LogP contribution is 2.29. The Balaban J connectivity index is 1.97. The molecule has 2 aromatic carbocycles. The summed E-state index contributed by atoms with van der Waals surface area (Å²) in [5, 5.41) is 8.90. The Morgan fingerprint density at radius 3 is 2.33 bits per heavy atom. The van der Waals surface area contributed by atoms with Crippen LogP contribution in [-0.4, -0.2) is 24.5 Å². The molecule has 122 valence electrons. The standard InChI is InChI=1S/C17H14N2O4S/c20-17(21)16-10-13(11-18-16)24(22,23)19-15-9-5-4-8-14(15)12-6-2-1-3-7-12/h1-11,18-19H,(H,20,21). The molecule has 0 amide bonds. The number of hydrogen-bond acceptors (Lipinski definition) is 3. The van der Waals surface area contributed by atoms with E-state index in [9.17, 15) is 13.2 Å². The van der Waals surface area contributed by atoms with Crippen LogP contribution in [-0.2, 0) is 10.0 Å². The number of sulfonamides is 1. The number of nitrogens with one attached hydrogen (secondary N) is 2. The van der Waals surface area contributed by atoms with Crippen LogP contribution >= 0.6 is 0 Å². The van der Waals surface area contributed by atoms with Gasteiger partial charge in [0.2, 0.25) is 0 Å². The lowest BCUT2D eigenvalue weighted by Crippen LogP contribution is -2.13. The molecule has 0 aliphatic carbocycles. The lowest BCUT2D eigenvalue weighted by molar-refractivity contribution is 0.0691. The van der Waals surface area contributed by atoms with Gasteiger partial charge in [-0.05, 0) is 17.7 Å². The molecule has 1 aromatic heterocycles. The van der Waals surface area contributed by atoms with Crippen molar-refractivity contribution in [3.63, 3.8) is 0 Å². The van der Waals surface area contributed by atoms with E-state index in [0.29, 0.717) is 5.69 Å². The zero-order valence-corrected chi connectivity index (χ0v) is 13.2. The Bertz CT molecular complexity index is 979. The van der Waals surface area contributed by atoms with E-state index in [2.05, 4.69) is 9.71 Å². The normalized spacial score (nSPS) is 11.2. The molecule has 0 radical (unpaired) electrons. The molecule has 0 spiro atoms. The van der Waals surface area contributed by atoms with Crippen LogP contribution in [0.2, 0.25) is 0 Å². The van der Waals surface area contributed by atoms with E-state index in [1.54, 1.807) is 12.1 Å². The highest BCUT2D eigenvalue weighted by Gasteiger charge is 2.19. The second-order valence-corrected chi connectivity index (χ2v) is 6.75. The summed E-state index contributed by atoms with van der Waals surface area (Å²) in [4.78, 5) is 13.2. The molecule has 0 aliphatic rings. The van der Waals surface area contributed by atoms with Crippen LogP contribution in [0, 0.1) is 0 Å². The van der Waals surface area contributed by atoms with Crippen molar-refractivity contribution in [1.29, 1.82) is 0 Å². The first-order valence-electron chi connectivity index (χ1n) is 7.06. The summed E-state index contributed by atoms with van der Waals surface area (Å²) in [7, 11) is -3.90. The number of rotatable bonds is 5. The molecular formula is C17H14N2O4S. The fraction of sp³-hybridized carbons (Fsp3) is 0. The molecule has 0 aliphatic heterocycles. The molecule has 1 heterocycles. The maximum atomic E-state index is 12.5. The van der Waals surface area contributed by atoms with Gasteiger partial charge in [-0.3, -0.25) is 4.72 Å². The summed E-state index contributed by atoms with van der Waals surface area (Å²) in [5.74, 6) is -1.22. The fourth-order valence-corrected chi connectivity index (χ4v) is 3.37. The number of carbonyl (C=O) groups is 1. The lowest BCUT2D eigenvalue weighted by atomic mass is 10.0. The highest BCUT2D eigenvalue weighted by molar-refractivity contribution is 7.92. The monoisotopic (exact) mass is 342 g/mol. The first-order chi connectivity index (χ1) is 11.5. The molecular weight excluding hydrogens is 328 g/mol. The van der Waals surface area contributed by atoms with Crippen molar-refractivity contribution in [2.24, 2.45) is 0 Å². The number of aromatic amines is 1. The minimum Gasteiger partial charge on any atom is -0.477 e. The van der Waals surface area contributed by atoms with Crippen molar-refractivity contribution < 1.29 is 18.3 Å². The SMILES string of the molecule is O=C(O)c1cc(S(=O)(=O)Nc2ccccc2-c2ccccc2)c[nH]1. The Morgan fingerprint density at radius 1 is 1.00 bits per heavy atom. The van der Waals surface area contributed by atoms with Crippen LogP contribution in [0.1, 0.15) is 10.5 Å². The van der Waals surface area contributed by atoms with E-state index in [-0.39, 0.29) is 10.6 Å². The Kier molecular flexibility index (Phi) is 4.09. The molecule has 24 heavy (non-hydrogen) atoms. The minimum absolute atomic E-state index is 0.136. The quantitative estimate of drug-likeness (QED) is 0.663. The lowest BCUT2D eigenvalue weighted by Gasteiger charge is -2.12. The maximum absolute atomic E-state index is 12.5. The summed E-state index contributed by atoms with van der Waals surface area (Å²) in [5.41, 5.74) is 1.83. The summed E-state index contributed by atoms with van der Waals surface area (Å²) in [6, 6.07) is 17.5. The number of benzene rings is 2. The van der Waals surface area contributed by atoms with Gasteiger partial charge in [-0.15, -0.1) is 0 Å². The number of carboxylic acids is 1. The fourth-order valence-electron chi connectivity index (χ4n) is 2.30. The van der Waals surface area contributed by atoms with Crippen molar-refractivity contribution in [3.8, 4) is 11.1 Å². The van der Waals surface area contributed by atoms with Crippen LogP contribution < -0.4 is 4.72 Å². The summed E-state index contributed by atoms with van der Waals surface area (Å²) < 4.78 is 27.5. The number of carboxylic acid groups (broad SMARTS) is 1. The molecule has 6 nitrogen and oxygen atoms in total. The average molecular weight is 342 g/mol. The third-order valence-corrected chi connectivity index (χ3v) is 4.80. The number of para-hydroxylation sites is 1. The van der Waals surface area contributed by atoms with Gasteiger partial charge in [-0.1, -0.05) is 48.5 Å². The number of aromatic nitrogens is 1. The molecule has 0 unspecified atom stereocenters. The maximum Gasteiger partial charge on any atom is 0.352 e. The number of aromatic carboxylic acids is 1. The van der Waals surface area contributed by atoms with Gasteiger partial charge in [0.1, 0.15) is 10.6 Å². The van der Waals surface area contributed by atoms with Crippen molar-refractivity contribution in [1.82, 2.24) is 4.98 Å². The predicted octanol–water partition coefficient (Wildman–Crippen LogP) is 3.18. The molecule has 0 saturated heterocycles. The first kappa shape index (κ1) is 15.8. The summed E-state index contributed by atoms with van der Waals surface area (Å²) in [6.07, 6.45) is 1.15. The second-order valence-electron chi connectivity index (χ2n) is 5.07. The topological polar surface area (TPSA) is 99.3 Å². The molecule has 3 aromatic rings. The Labute approximate surface area is 138 Å². The number of H-pyrrole nitrogens is 1. The zero-order chi connectivity index (χ0) is 17.2. The van der Waals surface area contributed by atoms with Crippen molar-refractivity contribution in [2.45, 2.75) is 4.90 Å². The van der Waals surface area contributed by atoms with Gasteiger partial charge in [0.25, 0.3) is 10.0 Å². The molecule has 0 fully saturated rings. The number of hydrogen-bond donors (Lipinski definition) is 3. The van der Waals surface area contributed by atoms with Crippen molar-refractivity contribution in [3.05, 3.63) is 72.6 Å². The van der Waals surface area contributed by atoms with E-state index >= 15 is 0 Å². The number of anilines is 1. The van der Waals surface area contributed by atoms with Gasteiger partial charge in [-0.25, -0.2) is 13.2 Å². The first-order valence-corrected chi connectivity index (χ1v) is 8.55. The van der Waals surface area contributed by atoms with Gasteiger partial charge in [0, 0.05) is 11.8 Å². The molecule has 3 rings (SSSR count). The van der Waals surface area contributed by atoms with E-state index < -0.39 is 16.0 Å². The van der Waals surface area contributed by atoms with E-state index in [4.69, 9.17) is 5.11 Å². The van der Waals surface area contributed by atoms with Gasteiger partial charge in [-0.2, -0.15) is 0 Å². The van der Waals surface area contributed by atoms with Gasteiger partial charge in [0.15, 0.2) is 0 Å². The molecule has 0 atom stereocenters. The van der Waals surface area contributed by atoms with Crippen LogP contribution in [0.25, 0.3) is 11.1 Å². The Hall–Kier alpha value is -3.06. The third-order valence-electron chi connectivity index (χ3n) is 3.45. The van der Waals surface area contributed by atoms with Crippen LogP contribution in [0.15, 0.2) is 71.8 Å². The van der Waals surface area contributed by atoms with Gasteiger partial charge in [0.05, 0.1) is 5.69 Å². The molecule has 3 N–H and O–H groups in total. The minimum atomic E-state index is -3.90.